The van der Waals surface area contributed by atoms with Crippen molar-refractivity contribution in [3.8, 4) is 5.75 Å². The zero-order valence-electron chi connectivity index (χ0n) is 20.2. The molecule has 0 aliphatic rings. The maximum Gasteiger partial charge on any atom is 0.254 e. The average Bonchev–Trinajstić information content (AvgIpc) is 2.89. The Morgan fingerprint density at radius 3 is 1.92 bits per heavy atom. The van der Waals surface area contributed by atoms with Gasteiger partial charge in [0.2, 0.25) is 11.8 Å². The van der Waals surface area contributed by atoms with Crippen molar-refractivity contribution in [1.82, 2.24) is 15.5 Å². The van der Waals surface area contributed by atoms with Gasteiger partial charge in [0.25, 0.3) is 5.91 Å². The van der Waals surface area contributed by atoms with Gasteiger partial charge in [-0.25, -0.2) is 0 Å². The normalized spacial score (nSPS) is 10.4. The Morgan fingerprint density at radius 2 is 1.36 bits per heavy atom. The van der Waals surface area contributed by atoms with Gasteiger partial charge >= 0.3 is 0 Å². The van der Waals surface area contributed by atoms with E-state index in [2.05, 4.69) is 33.2 Å². The van der Waals surface area contributed by atoms with E-state index in [1.54, 1.807) is 25.3 Å². The molecule has 0 fully saturated rings. The summed E-state index contributed by atoms with van der Waals surface area (Å²) in [5, 5.41) is 5.70. The lowest BCUT2D eigenvalue weighted by molar-refractivity contribution is -0.124. The minimum atomic E-state index is -0.364. The van der Waals surface area contributed by atoms with Gasteiger partial charge in [-0.3, -0.25) is 14.4 Å². The third kappa shape index (κ3) is 8.99. The highest BCUT2D eigenvalue weighted by atomic mass is 127. The summed E-state index contributed by atoms with van der Waals surface area (Å²) in [5.41, 5.74) is 2.60. The second kappa shape index (κ2) is 14.2. The number of amides is 3. The summed E-state index contributed by atoms with van der Waals surface area (Å²) >= 11 is 2.13. The Morgan fingerprint density at radius 1 is 0.778 bits per heavy atom. The fourth-order valence-corrected chi connectivity index (χ4v) is 4.13. The standard InChI is InChI=1S/C28H30IN3O4/c1-36-25-12-10-22(11-13-25)15-17-31-27(34)20-32(28(35)23-8-5-9-24(29)18-23)19-26(33)30-16-14-21-6-3-2-4-7-21/h2-13,18H,14-17,19-20H2,1H3,(H,30,33)(H,31,34). The third-order valence-electron chi connectivity index (χ3n) is 5.50. The number of hydrogen-bond acceptors (Lipinski definition) is 4. The number of nitrogens with one attached hydrogen (secondary N) is 2. The molecule has 0 aliphatic carbocycles. The SMILES string of the molecule is COc1ccc(CCNC(=O)CN(CC(=O)NCCc2ccccc2)C(=O)c2cccc(I)c2)cc1. The highest BCUT2D eigenvalue weighted by Gasteiger charge is 2.21. The van der Waals surface area contributed by atoms with Crippen LogP contribution < -0.4 is 15.4 Å². The molecule has 7 nitrogen and oxygen atoms in total. The van der Waals surface area contributed by atoms with Crippen molar-refractivity contribution in [3.05, 3.63) is 99.1 Å². The van der Waals surface area contributed by atoms with Crippen molar-refractivity contribution in [1.29, 1.82) is 0 Å². The molecular formula is C28H30IN3O4. The van der Waals surface area contributed by atoms with Gasteiger partial charge in [0, 0.05) is 22.2 Å². The van der Waals surface area contributed by atoms with Gasteiger partial charge in [-0.2, -0.15) is 0 Å². The van der Waals surface area contributed by atoms with E-state index in [1.165, 1.54) is 4.90 Å². The number of halogens is 1. The van der Waals surface area contributed by atoms with Crippen LogP contribution in [-0.4, -0.2) is 55.9 Å². The van der Waals surface area contributed by atoms with Crippen molar-refractivity contribution in [2.75, 3.05) is 33.3 Å². The molecule has 0 spiro atoms. The number of ether oxygens (including phenoxy) is 1. The highest BCUT2D eigenvalue weighted by molar-refractivity contribution is 14.1. The molecule has 36 heavy (non-hydrogen) atoms. The lowest BCUT2D eigenvalue weighted by atomic mass is 10.1. The van der Waals surface area contributed by atoms with E-state index in [0.717, 1.165) is 20.4 Å². The predicted octanol–water partition coefficient (Wildman–Crippen LogP) is 3.46. The average molecular weight is 599 g/mol. The van der Waals surface area contributed by atoms with Crippen molar-refractivity contribution in [2.24, 2.45) is 0 Å². The first kappa shape index (κ1) is 27.2. The van der Waals surface area contributed by atoms with E-state index in [1.807, 2.05) is 60.7 Å². The van der Waals surface area contributed by atoms with E-state index in [-0.39, 0.29) is 30.8 Å². The molecule has 2 N–H and O–H groups in total. The minimum Gasteiger partial charge on any atom is -0.497 e. The van der Waals surface area contributed by atoms with Crippen molar-refractivity contribution in [2.45, 2.75) is 12.8 Å². The zero-order valence-corrected chi connectivity index (χ0v) is 22.4. The van der Waals surface area contributed by atoms with Crippen LogP contribution in [0.5, 0.6) is 5.75 Å². The molecule has 0 radical (unpaired) electrons. The number of carbonyl (C=O) groups excluding carboxylic acids is 3. The first-order valence-corrected chi connectivity index (χ1v) is 12.8. The molecule has 0 heterocycles. The summed E-state index contributed by atoms with van der Waals surface area (Å²) in [4.78, 5) is 39.8. The number of carbonyl (C=O) groups is 3. The van der Waals surface area contributed by atoms with E-state index in [4.69, 9.17) is 4.74 Å². The molecule has 3 aromatic rings. The van der Waals surface area contributed by atoms with Crippen LogP contribution in [0, 0.1) is 3.57 Å². The fourth-order valence-electron chi connectivity index (χ4n) is 3.59. The van der Waals surface area contributed by atoms with Gasteiger partial charge in [-0.05, 0) is 76.9 Å². The van der Waals surface area contributed by atoms with Crippen molar-refractivity contribution in [3.63, 3.8) is 0 Å². The van der Waals surface area contributed by atoms with Crippen LogP contribution in [0.2, 0.25) is 0 Å². The molecule has 0 aromatic heterocycles. The van der Waals surface area contributed by atoms with Crippen LogP contribution in [-0.2, 0) is 22.4 Å². The second-order valence-electron chi connectivity index (χ2n) is 8.21. The van der Waals surface area contributed by atoms with Crippen LogP contribution in [0.1, 0.15) is 21.5 Å². The molecule has 0 unspecified atom stereocenters. The quantitative estimate of drug-likeness (QED) is 0.313. The number of nitrogens with zero attached hydrogens (tertiary/aromatic N) is 1. The second-order valence-corrected chi connectivity index (χ2v) is 9.45. The maximum absolute atomic E-state index is 13.2. The Kier molecular flexibility index (Phi) is 10.7. The molecule has 0 atom stereocenters. The highest BCUT2D eigenvalue weighted by Crippen LogP contribution is 2.12. The third-order valence-corrected chi connectivity index (χ3v) is 6.17. The number of methoxy groups -OCH3 is 1. The Balaban J connectivity index is 1.56. The predicted molar refractivity (Wildman–Crippen MR) is 148 cm³/mol. The molecule has 8 heteroatoms. The zero-order chi connectivity index (χ0) is 25.8. The van der Waals surface area contributed by atoms with E-state index < -0.39 is 0 Å². The molecule has 0 aliphatic heterocycles. The molecule has 0 bridgehead atoms. The largest absolute Gasteiger partial charge is 0.497 e. The van der Waals surface area contributed by atoms with Gasteiger partial charge in [0.15, 0.2) is 0 Å². The van der Waals surface area contributed by atoms with Crippen molar-refractivity contribution >= 4 is 40.3 Å². The minimum absolute atomic E-state index is 0.203. The smallest absolute Gasteiger partial charge is 0.254 e. The van der Waals surface area contributed by atoms with Gasteiger partial charge < -0.3 is 20.3 Å². The molecular weight excluding hydrogens is 569 g/mol. The number of rotatable bonds is 12. The lowest BCUT2D eigenvalue weighted by Gasteiger charge is -2.22. The van der Waals surface area contributed by atoms with Gasteiger partial charge in [-0.1, -0.05) is 48.5 Å². The van der Waals surface area contributed by atoms with E-state index >= 15 is 0 Å². The lowest BCUT2D eigenvalue weighted by Crippen LogP contribution is -2.46. The molecule has 188 valence electrons. The molecule has 3 rings (SSSR count). The molecule has 3 aromatic carbocycles. The van der Waals surface area contributed by atoms with E-state index in [9.17, 15) is 14.4 Å². The van der Waals surface area contributed by atoms with Gasteiger partial charge in [0.05, 0.1) is 7.11 Å². The molecule has 0 saturated heterocycles. The van der Waals surface area contributed by atoms with Crippen LogP contribution in [0.4, 0.5) is 0 Å². The number of benzene rings is 3. The summed E-state index contributed by atoms with van der Waals surface area (Å²) in [6, 6.07) is 24.5. The van der Waals surface area contributed by atoms with Crippen LogP contribution >= 0.6 is 22.6 Å². The summed E-state index contributed by atoms with van der Waals surface area (Å²) in [5.74, 6) is -0.220. The summed E-state index contributed by atoms with van der Waals surface area (Å²) in [7, 11) is 1.61. The molecule has 3 amide bonds. The summed E-state index contributed by atoms with van der Waals surface area (Å²) in [6.45, 7) is 0.450. The van der Waals surface area contributed by atoms with Crippen molar-refractivity contribution < 1.29 is 19.1 Å². The topological polar surface area (TPSA) is 87.7 Å². The Labute approximate surface area is 225 Å². The Hall–Kier alpha value is -3.40. The monoisotopic (exact) mass is 599 g/mol. The maximum atomic E-state index is 13.2. The van der Waals surface area contributed by atoms with Crippen LogP contribution in [0.25, 0.3) is 0 Å². The molecule has 0 saturated carbocycles. The van der Waals surface area contributed by atoms with Gasteiger partial charge in [-0.15, -0.1) is 0 Å². The first-order valence-electron chi connectivity index (χ1n) is 11.7. The van der Waals surface area contributed by atoms with Crippen LogP contribution in [0.15, 0.2) is 78.9 Å². The summed E-state index contributed by atoms with van der Waals surface area (Å²) < 4.78 is 6.06. The van der Waals surface area contributed by atoms with Crippen LogP contribution in [0.3, 0.4) is 0 Å². The number of hydrogen-bond donors (Lipinski definition) is 2. The summed E-state index contributed by atoms with van der Waals surface area (Å²) in [6.07, 6.45) is 1.32. The first-order chi connectivity index (χ1) is 17.4. The van der Waals surface area contributed by atoms with Gasteiger partial charge in [0.1, 0.15) is 18.8 Å². The Bertz CT molecular complexity index is 1150. The van der Waals surface area contributed by atoms with E-state index in [0.29, 0.717) is 31.5 Å². The fraction of sp³-hybridized carbons (Fsp3) is 0.250.